The van der Waals surface area contributed by atoms with Gasteiger partial charge in [-0.25, -0.2) is 0 Å². The Bertz CT molecular complexity index is 915. The number of hydrogen-bond acceptors (Lipinski definition) is 5. The van der Waals surface area contributed by atoms with E-state index in [4.69, 9.17) is 0 Å². The molecule has 0 unspecified atom stereocenters. The molecule has 1 amide bonds. The third-order valence-electron chi connectivity index (χ3n) is 4.00. The van der Waals surface area contributed by atoms with Crippen LogP contribution in [0.5, 0.6) is 0 Å². The molecule has 2 rings (SSSR count). The van der Waals surface area contributed by atoms with Gasteiger partial charge < -0.3 is 10.2 Å². The summed E-state index contributed by atoms with van der Waals surface area (Å²) < 4.78 is 0. The number of carbonyl (C=O) groups excluding carboxylic acids is 1. The smallest absolute Gasteiger partial charge is 0.293 e. The summed E-state index contributed by atoms with van der Waals surface area (Å²) in [6, 6.07) is 15.5. The van der Waals surface area contributed by atoms with Crippen molar-refractivity contribution in [1.82, 2.24) is 5.32 Å². The van der Waals surface area contributed by atoms with Crippen molar-refractivity contribution in [1.29, 1.82) is 5.26 Å². The molecule has 1 N–H and O–H groups in total. The van der Waals surface area contributed by atoms with Crippen LogP contribution in [-0.2, 0) is 4.79 Å². The summed E-state index contributed by atoms with van der Waals surface area (Å²) in [7, 11) is 3.41. The second-order valence-corrected chi connectivity index (χ2v) is 6.18. The molecule has 0 spiro atoms. The first-order valence-electron chi connectivity index (χ1n) is 8.27. The van der Waals surface area contributed by atoms with E-state index < -0.39 is 10.8 Å². The fourth-order valence-electron chi connectivity index (χ4n) is 2.57. The lowest BCUT2D eigenvalue weighted by Gasteiger charge is -2.14. The van der Waals surface area contributed by atoms with Crippen LogP contribution in [0.1, 0.15) is 24.1 Å². The number of nitrogens with one attached hydrogen (secondary N) is 1. The molecule has 0 radical (unpaired) electrons. The van der Waals surface area contributed by atoms with Crippen molar-refractivity contribution >= 4 is 23.4 Å². The van der Waals surface area contributed by atoms with Gasteiger partial charge in [0.2, 0.25) is 0 Å². The standard InChI is InChI=1S/C20H20N4O3/c1-14(16-7-5-4-6-8-16)22-20(25)17(13-21)11-15-9-10-18(23(2)3)19(12-15)24(26)27/h4-12,14H,1-3H3,(H,22,25)/b17-11+/t14-/m1/s1. The van der Waals surface area contributed by atoms with Crippen LogP contribution in [0.4, 0.5) is 11.4 Å². The van der Waals surface area contributed by atoms with Crippen molar-refractivity contribution < 1.29 is 9.72 Å². The zero-order valence-electron chi connectivity index (χ0n) is 15.3. The Labute approximate surface area is 157 Å². The first kappa shape index (κ1) is 19.7. The van der Waals surface area contributed by atoms with Crippen LogP contribution < -0.4 is 10.2 Å². The predicted octanol–water partition coefficient (Wildman–Crippen LogP) is 3.45. The van der Waals surface area contributed by atoms with Gasteiger partial charge in [-0.1, -0.05) is 36.4 Å². The molecule has 7 nitrogen and oxygen atoms in total. The maximum Gasteiger partial charge on any atom is 0.293 e. The average Bonchev–Trinajstić information content (AvgIpc) is 2.66. The molecule has 0 aliphatic rings. The number of nitro groups is 1. The van der Waals surface area contributed by atoms with Crippen molar-refractivity contribution in [2.75, 3.05) is 19.0 Å². The van der Waals surface area contributed by atoms with Gasteiger partial charge in [0, 0.05) is 20.2 Å². The molecule has 27 heavy (non-hydrogen) atoms. The lowest BCUT2D eigenvalue weighted by molar-refractivity contribution is -0.384. The number of nitrogens with zero attached hydrogens (tertiary/aromatic N) is 3. The maximum atomic E-state index is 12.4. The maximum absolute atomic E-state index is 12.4. The van der Waals surface area contributed by atoms with Gasteiger partial charge in [-0.15, -0.1) is 0 Å². The molecular formula is C20H20N4O3. The van der Waals surface area contributed by atoms with Gasteiger partial charge in [0.05, 0.1) is 11.0 Å². The summed E-state index contributed by atoms with van der Waals surface area (Å²) in [5.74, 6) is -0.534. The van der Waals surface area contributed by atoms with E-state index in [2.05, 4.69) is 5.32 Å². The number of rotatable bonds is 6. The van der Waals surface area contributed by atoms with Crippen molar-refractivity contribution in [2.45, 2.75) is 13.0 Å². The van der Waals surface area contributed by atoms with Gasteiger partial charge in [-0.05, 0) is 30.2 Å². The van der Waals surface area contributed by atoms with E-state index >= 15 is 0 Å². The summed E-state index contributed by atoms with van der Waals surface area (Å²) in [6.07, 6.45) is 1.35. The Balaban J connectivity index is 2.27. The highest BCUT2D eigenvalue weighted by Crippen LogP contribution is 2.28. The average molecular weight is 364 g/mol. The van der Waals surface area contributed by atoms with E-state index in [0.29, 0.717) is 11.3 Å². The Kier molecular flexibility index (Phi) is 6.28. The highest BCUT2D eigenvalue weighted by atomic mass is 16.6. The highest BCUT2D eigenvalue weighted by Gasteiger charge is 2.17. The van der Waals surface area contributed by atoms with Gasteiger partial charge in [0.25, 0.3) is 11.6 Å². The minimum absolute atomic E-state index is 0.0934. The number of anilines is 1. The molecular weight excluding hydrogens is 344 g/mol. The summed E-state index contributed by atoms with van der Waals surface area (Å²) in [5, 5.41) is 23.4. The molecule has 0 saturated carbocycles. The monoisotopic (exact) mass is 364 g/mol. The molecule has 0 aromatic heterocycles. The zero-order valence-corrected chi connectivity index (χ0v) is 15.3. The first-order valence-corrected chi connectivity index (χ1v) is 8.27. The van der Waals surface area contributed by atoms with E-state index in [0.717, 1.165) is 5.56 Å². The van der Waals surface area contributed by atoms with Gasteiger partial charge in [0.15, 0.2) is 0 Å². The molecule has 0 aliphatic carbocycles. The van der Waals surface area contributed by atoms with Crippen LogP contribution in [0.3, 0.4) is 0 Å². The van der Waals surface area contributed by atoms with E-state index in [1.807, 2.05) is 43.3 Å². The number of nitriles is 1. The van der Waals surface area contributed by atoms with Crippen LogP contribution in [0.15, 0.2) is 54.1 Å². The Morgan fingerprint density at radius 2 is 1.93 bits per heavy atom. The summed E-state index contributed by atoms with van der Waals surface area (Å²) in [5.41, 5.74) is 1.55. The number of nitro benzene ring substituents is 1. The van der Waals surface area contributed by atoms with Gasteiger partial charge in [0.1, 0.15) is 17.3 Å². The third-order valence-corrected chi connectivity index (χ3v) is 4.00. The normalized spacial score (nSPS) is 12.0. The van der Waals surface area contributed by atoms with E-state index in [1.165, 1.54) is 12.1 Å². The highest BCUT2D eigenvalue weighted by molar-refractivity contribution is 6.02. The van der Waals surface area contributed by atoms with Gasteiger partial charge in [-0.2, -0.15) is 5.26 Å². The van der Waals surface area contributed by atoms with Crippen LogP contribution >= 0.6 is 0 Å². The molecule has 138 valence electrons. The van der Waals surface area contributed by atoms with E-state index in [9.17, 15) is 20.2 Å². The van der Waals surface area contributed by atoms with Crippen molar-refractivity contribution in [2.24, 2.45) is 0 Å². The Morgan fingerprint density at radius 3 is 2.48 bits per heavy atom. The molecule has 1 atom stereocenters. The fraction of sp³-hybridized carbons (Fsp3) is 0.200. The number of amides is 1. The van der Waals surface area contributed by atoms with Crippen LogP contribution in [-0.4, -0.2) is 24.9 Å². The number of hydrogen-bond donors (Lipinski definition) is 1. The largest absolute Gasteiger partial charge is 0.372 e. The van der Waals surface area contributed by atoms with Gasteiger partial charge in [-0.3, -0.25) is 14.9 Å². The summed E-state index contributed by atoms with van der Waals surface area (Å²) in [4.78, 5) is 24.8. The molecule has 0 bridgehead atoms. The molecule has 7 heteroatoms. The first-order chi connectivity index (χ1) is 12.8. The molecule has 0 aliphatic heterocycles. The van der Waals surface area contributed by atoms with Crippen LogP contribution in [0.2, 0.25) is 0 Å². The lowest BCUT2D eigenvalue weighted by Crippen LogP contribution is -2.27. The van der Waals surface area contributed by atoms with Crippen LogP contribution in [0, 0.1) is 21.4 Å². The van der Waals surface area contributed by atoms with E-state index in [-0.39, 0.29) is 17.3 Å². The second-order valence-electron chi connectivity index (χ2n) is 6.18. The summed E-state index contributed by atoms with van der Waals surface area (Å²) in [6.45, 7) is 1.82. The predicted molar refractivity (Wildman–Crippen MR) is 104 cm³/mol. The minimum atomic E-state index is -0.534. The fourth-order valence-corrected chi connectivity index (χ4v) is 2.57. The zero-order chi connectivity index (χ0) is 20.0. The van der Waals surface area contributed by atoms with Crippen molar-refractivity contribution in [3.63, 3.8) is 0 Å². The SMILES string of the molecule is C[C@@H](NC(=O)/C(C#N)=C/c1ccc(N(C)C)c([N+](=O)[O-])c1)c1ccccc1. The van der Waals surface area contributed by atoms with Crippen molar-refractivity contribution in [3.8, 4) is 6.07 Å². The lowest BCUT2D eigenvalue weighted by atomic mass is 10.1. The third kappa shape index (κ3) is 4.92. The van der Waals surface area contributed by atoms with Crippen LogP contribution in [0.25, 0.3) is 6.08 Å². The topological polar surface area (TPSA) is 99.3 Å². The van der Waals surface area contributed by atoms with Gasteiger partial charge >= 0.3 is 0 Å². The van der Waals surface area contributed by atoms with Crippen molar-refractivity contribution in [3.05, 3.63) is 75.3 Å². The Hall–Kier alpha value is -3.66. The summed E-state index contributed by atoms with van der Waals surface area (Å²) >= 11 is 0. The van der Waals surface area contributed by atoms with E-state index in [1.54, 1.807) is 31.1 Å². The Morgan fingerprint density at radius 1 is 1.26 bits per heavy atom. The second kappa shape index (κ2) is 8.63. The number of benzene rings is 2. The molecule has 0 heterocycles. The quantitative estimate of drug-likeness (QED) is 0.366. The minimum Gasteiger partial charge on any atom is -0.372 e. The molecule has 0 fully saturated rings. The molecule has 2 aromatic carbocycles. The molecule has 0 saturated heterocycles. The molecule has 2 aromatic rings. The number of carbonyl (C=O) groups is 1.